The largest absolute Gasteiger partial charge is 0.495 e. The van der Waals surface area contributed by atoms with Crippen LogP contribution in [0.1, 0.15) is 13.8 Å². The molecule has 4 atom stereocenters. The summed E-state index contributed by atoms with van der Waals surface area (Å²) in [6.07, 6.45) is 0. The van der Waals surface area contributed by atoms with Crippen LogP contribution in [0.3, 0.4) is 0 Å². The number of hydrogen-bond donors (Lipinski definition) is 0. The van der Waals surface area contributed by atoms with Crippen molar-refractivity contribution < 1.29 is 38.2 Å². The molecule has 2 bridgehead atoms. The van der Waals surface area contributed by atoms with Crippen LogP contribution in [0, 0.1) is 35.0 Å². The third-order valence-electron chi connectivity index (χ3n) is 10.0. The maximum atomic E-state index is 14.5. The molecule has 2 heterocycles. The Morgan fingerprint density at radius 3 is 1.56 bits per heavy atom. The first kappa shape index (κ1) is 28.5. The molecule has 4 amide bonds. The van der Waals surface area contributed by atoms with Gasteiger partial charge in [-0.3, -0.25) is 19.2 Å². The fourth-order valence-electron chi connectivity index (χ4n) is 8.36. The molecule has 3 aromatic rings. The van der Waals surface area contributed by atoms with Gasteiger partial charge in [0.15, 0.2) is 0 Å². The van der Waals surface area contributed by atoms with Crippen LogP contribution in [-0.4, -0.2) is 43.8 Å². The number of allylic oxidation sites excluding steroid dienone is 1. The van der Waals surface area contributed by atoms with E-state index in [1.165, 1.54) is 14.2 Å². The zero-order chi connectivity index (χ0) is 31.8. The van der Waals surface area contributed by atoms with Gasteiger partial charge in [-0.15, -0.1) is 0 Å². The average Bonchev–Trinajstić information content (AvgIpc) is 3.47. The van der Waals surface area contributed by atoms with Gasteiger partial charge in [0, 0.05) is 16.9 Å². The van der Waals surface area contributed by atoms with E-state index in [0.29, 0.717) is 17.1 Å². The number of carbonyl (C=O) groups is 5. The van der Waals surface area contributed by atoms with Crippen molar-refractivity contribution in [2.75, 3.05) is 24.0 Å². The van der Waals surface area contributed by atoms with Gasteiger partial charge >= 0.3 is 5.97 Å². The molecule has 10 nitrogen and oxygen atoms in total. The van der Waals surface area contributed by atoms with Crippen molar-refractivity contribution in [1.29, 1.82) is 0 Å². The molecule has 0 radical (unpaired) electrons. The van der Waals surface area contributed by atoms with Gasteiger partial charge in [0.05, 0.1) is 49.3 Å². The second kappa shape index (κ2) is 10.2. The molecular formula is C35H30N2O8. The quantitative estimate of drug-likeness (QED) is 0.233. The summed E-state index contributed by atoms with van der Waals surface area (Å²) in [5, 5.41) is 0. The minimum Gasteiger partial charge on any atom is -0.495 e. The summed E-state index contributed by atoms with van der Waals surface area (Å²) in [5.41, 5.74) is -0.432. The SMILES string of the molecule is COc1ccccc1N1C(=O)C2C3C(C)=C(C(=O)Oc4ccccc4)C(C)(C2C1=O)C1C(=O)N(c2ccccc2OC)C(=O)C31. The first-order valence-corrected chi connectivity index (χ1v) is 14.7. The first-order chi connectivity index (χ1) is 21.7. The van der Waals surface area contributed by atoms with Crippen LogP contribution in [0.15, 0.2) is 90.0 Å². The van der Waals surface area contributed by atoms with Gasteiger partial charge in [-0.25, -0.2) is 14.6 Å². The fraction of sp³-hybridized carbons (Fsp3) is 0.286. The van der Waals surface area contributed by atoms with Crippen molar-refractivity contribution in [3.63, 3.8) is 0 Å². The molecule has 8 rings (SSSR count). The molecular weight excluding hydrogens is 576 g/mol. The number of anilines is 2. The highest BCUT2D eigenvalue weighted by atomic mass is 16.5. The van der Waals surface area contributed by atoms with E-state index in [1.54, 1.807) is 92.7 Å². The third kappa shape index (κ3) is 3.71. The number of carbonyl (C=O) groups excluding carboxylic acids is 5. The fourth-order valence-corrected chi connectivity index (χ4v) is 8.36. The van der Waals surface area contributed by atoms with E-state index in [4.69, 9.17) is 14.2 Å². The van der Waals surface area contributed by atoms with E-state index in [2.05, 4.69) is 0 Å². The van der Waals surface area contributed by atoms with Crippen LogP contribution in [0.4, 0.5) is 11.4 Å². The minimum atomic E-state index is -1.56. The predicted octanol–water partition coefficient (Wildman–Crippen LogP) is 4.19. The normalized spacial score (nSPS) is 28.4. The highest BCUT2D eigenvalue weighted by Gasteiger charge is 2.77. The molecule has 3 aromatic carbocycles. The number of methoxy groups -OCH3 is 2. The summed E-state index contributed by atoms with van der Waals surface area (Å²) in [6, 6.07) is 21.8. The number of ether oxygens (including phenoxy) is 3. The Hall–Kier alpha value is -5.25. The molecule has 0 spiro atoms. The predicted molar refractivity (Wildman–Crippen MR) is 161 cm³/mol. The van der Waals surface area contributed by atoms with Crippen molar-refractivity contribution >= 4 is 41.0 Å². The van der Waals surface area contributed by atoms with Crippen molar-refractivity contribution in [2.45, 2.75) is 13.8 Å². The van der Waals surface area contributed by atoms with Crippen LogP contribution in [0.5, 0.6) is 17.2 Å². The van der Waals surface area contributed by atoms with E-state index >= 15 is 0 Å². The Morgan fingerprint density at radius 2 is 1.09 bits per heavy atom. The molecule has 1 saturated carbocycles. The van der Waals surface area contributed by atoms with Crippen LogP contribution in [0.25, 0.3) is 0 Å². The lowest BCUT2D eigenvalue weighted by Crippen LogP contribution is -2.61. The summed E-state index contributed by atoms with van der Waals surface area (Å²) in [5.74, 6) is -7.05. The van der Waals surface area contributed by atoms with E-state index < -0.39 is 64.6 Å². The van der Waals surface area contributed by atoms with Crippen LogP contribution in [-0.2, 0) is 24.0 Å². The zero-order valence-electron chi connectivity index (χ0n) is 25.1. The molecule has 45 heavy (non-hydrogen) atoms. The van der Waals surface area contributed by atoms with Gasteiger partial charge in [-0.1, -0.05) is 55.0 Å². The molecule has 0 N–H and O–H groups in total. The lowest BCUT2D eigenvalue weighted by molar-refractivity contribution is -0.152. The number of nitrogens with zero attached hydrogens (tertiary/aromatic N) is 2. The standard InChI is InChI=1S/C35H30N2O8/c1-18-24-25-28(32(40)36(30(25)38)20-14-8-10-16-22(20)43-3)35(2,27(18)34(42)45-19-12-6-5-7-13-19)29-26(24)31(39)37(33(29)41)21-15-9-11-17-23(21)44-4/h5-17,24-26,28-29H,1-4H3. The number of esters is 1. The molecule has 10 heteroatoms. The van der Waals surface area contributed by atoms with Gasteiger partial charge < -0.3 is 14.2 Å². The number of rotatable bonds is 6. The van der Waals surface area contributed by atoms with Crippen molar-refractivity contribution in [2.24, 2.45) is 35.0 Å². The van der Waals surface area contributed by atoms with E-state index in [0.717, 1.165) is 9.80 Å². The second-order valence-corrected chi connectivity index (χ2v) is 11.9. The topological polar surface area (TPSA) is 120 Å². The molecule has 2 aliphatic heterocycles. The van der Waals surface area contributed by atoms with Gasteiger partial charge in [0.1, 0.15) is 17.2 Å². The first-order valence-electron chi connectivity index (χ1n) is 14.7. The van der Waals surface area contributed by atoms with Gasteiger partial charge in [0.2, 0.25) is 23.6 Å². The van der Waals surface area contributed by atoms with Crippen LogP contribution in [0.2, 0.25) is 0 Å². The lowest BCUT2D eigenvalue weighted by Gasteiger charge is -2.55. The molecule has 3 fully saturated rings. The Labute approximate surface area is 259 Å². The minimum absolute atomic E-state index is 0.143. The van der Waals surface area contributed by atoms with E-state index in [9.17, 15) is 24.0 Å². The highest BCUT2D eigenvalue weighted by Crippen LogP contribution is 2.69. The Balaban J connectivity index is 1.42. The number of imide groups is 2. The summed E-state index contributed by atoms with van der Waals surface area (Å²) < 4.78 is 16.8. The monoisotopic (exact) mass is 606 g/mol. The smallest absolute Gasteiger partial charge is 0.339 e. The number of hydrogen-bond acceptors (Lipinski definition) is 8. The average molecular weight is 607 g/mol. The van der Waals surface area contributed by atoms with Crippen LogP contribution >= 0.6 is 0 Å². The Morgan fingerprint density at radius 1 is 0.644 bits per heavy atom. The summed E-state index contributed by atoms with van der Waals surface area (Å²) >= 11 is 0. The third-order valence-corrected chi connectivity index (χ3v) is 10.0. The van der Waals surface area contributed by atoms with Crippen molar-refractivity contribution in [3.8, 4) is 17.2 Å². The van der Waals surface area contributed by atoms with Gasteiger partial charge in [0.25, 0.3) is 0 Å². The maximum absolute atomic E-state index is 14.5. The Kier molecular flexibility index (Phi) is 6.43. The van der Waals surface area contributed by atoms with Crippen LogP contribution < -0.4 is 24.0 Å². The lowest BCUT2D eigenvalue weighted by atomic mass is 9.43. The summed E-state index contributed by atoms with van der Waals surface area (Å²) in [6.45, 7) is 3.35. The molecule has 5 aliphatic rings. The summed E-state index contributed by atoms with van der Waals surface area (Å²) in [7, 11) is 2.89. The number of amides is 4. The van der Waals surface area contributed by atoms with E-state index in [-0.39, 0.29) is 22.7 Å². The Bertz CT molecular complexity index is 1740. The van der Waals surface area contributed by atoms with Gasteiger partial charge in [-0.2, -0.15) is 0 Å². The second-order valence-electron chi connectivity index (χ2n) is 11.9. The molecule has 3 aliphatic carbocycles. The van der Waals surface area contributed by atoms with Crippen molar-refractivity contribution in [1.82, 2.24) is 0 Å². The molecule has 2 saturated heterocycles. The van der Waals surface area contributed by atoms with Crippen molar-refractivity contribution in [3.05, 3.63) is 90.0 Å². The number of para-hydroxylation sites is 5. The molecule has 228 valence electrons. The molecule has 0 aromatic heterocycles. The van der Waals surface area contributed by atoms with Gasteiger partial charge in [-0.05, 0) is 43.3 Å². The highest BCUT2D eigenvalue weighted by molar-refractivity contribution is 6.28. The van der Waals surface area contributed by atoms with E-state index in [1.807, 2.05) is 0 Å². The maximum Gasteiger partial charge on any atom is 0.339 e. The number of benzene rings is 3. The molecule has 4 unspecified atom stereocenters. The summed E-state index contributed by atoms with van der Waals surface area (Å²) in [4.78, 5) is 74.1. The zero-order valence-corrected chi connectivity index (χ0v) is 25.1.